The van der Waals surface area contributed by atoms with E-state index in [1.807, 2.05) is 48.5 Å². The van der Waals surface area contributed by atoms with Crippen molar-refractivity contribution in [2.75, 3.05) is 0 Å². The minimum Gasteiger partial charge on any atom is -0.759 e. The number of imidazole rings is 2. The molecule has 2 aromatic carbocycles. The zero-order valence-electron chi connectivity index (χ0n) is 25.8. The molecule has 52 heavy (non-hydrogen) atoms. The molecule has 0 aliphatic carbocycles. The van der Waals surface area contributed by atoms with Crippen LogP contribution in [0.4, 0.5) is 0 Å². The normalized spacial score (nSPS) is 9.77. The van der Waals surface area contributed by atoms with Gasteiger partial charge in [0, 0.05) is 67.1 Å². The molecular formula is C26H32Co2N8O14S2+4. The van der Waals surface area contributed by atoms with Crippen molar-refractivity contribution in [2.24, 2.45) is 0 Å². The summed E-state index contributed by atoms with van der Waals surface area (Å²) in [5.74, 6) is 0. The molecule has 0 bridgehead atoms. The van der Waals surface area contributed by atoms with Crippen molar-refractivity contribution in [3.63, 3.8) is 0 Å². The monoisotopic (exact) mass is 862 g/mol. The fraction of sp³-hybridized carbons (Fsp3) is 0. The van der Waals surface area contributed by atoms with Crippen LogP contribution in [0.5, 0.6) is 0 Å². The Balaban J connectivity index is -0.000000315. The first kappa shape index (κ1) is 54.3. The van der Waals surface area contributed by atoms with Gasteiger partial charge in [0.25, 0.3) is 0 Å². The summed E-state index contributed by atoms with van der Waals surface area (Å²) < 4.78 is 68.2. The van der Waals surface area contributed by atoms with Gasteiger partial charge < -0.3 is 61.0 Å². The van der Waals surface area contributed by atoms with Crippen molar-refractivity contribution in [1.29, 1.82) is 0 Å². The fourth-order valence-electron chi connectivity index (χ4n) is 4.57. The maximum absolute atomic E-state index is 8.52. The van der Waals surface area contributed by atoms with Crippen molar-refractivity contribution in [1.82, 2.24) is 39.9 Å². The summed E-state index contributed by atoms with van der Waals surface area (Å²) in [6.45, 7) is 0. The molecule has 0 atom stereocenters. The number of H-pyrrole nitrogens is 2. The van der Waals surface area contributed by atoms with Crippen LogP contribution in [-0.4, -0.2) is 85.9 Å². The topological polar surface area (TPSA) is 464 Å². The molecule has 18 N–H and O–H groups in total. The number of hydrogen-bond acceptors (Lipinski definition) is 14. The Labute approximate surface area is 312 Å². The molecule has 0 saturated heterocycles. The van der Waals surface area contributed by atoms with E-state index in [9.17, 15) is 0 Å². The molecule has 8 rings (SSSR count). The number of aromatic amines is 2. The fourth-order valence-corrected chi connectivity index (χ4v) is 4.57. The number of pyridine rings is 4. The Bertz CT molecular complexity index is 2200. The molecule has 286 valence electrons. The summed E-state index contributed by atoms with van der Waals surface area (Å²) in [4.78, 5) is 32.8. The Kier molecular flexibility index (Phi) is 23.5. The first-order valence-corrected chi connectivity index (χ1v) is 14.8. The third-order valence-electron chi connectivity index (χ3n) is 6.01. The van der Waals surface area contributed by atoms with Gasteiger partial charge in [0.15, 0.2) is 0 Å². The van der Waals surface area contributed by atoms with E-state index in [1.54, 1.807) is 37.4 Å². The molecule has 6 aromatic heterocycles. The van der Waals surface area contributed by atoms with E-state index in [0.717, 1.165) is 65.7 Å². The smallest absolute Gasteiger partial charge is 0.759 e. The van der Waals surface area contributed by atoms with E-state index in [-0.39, 0.29) is 66.4 Å². The number of benzene rings is 2. The standard InChI is InChI=1S/2C13H8N4.2Co.2H2O4S.6H2O/c2*1-3-8-10(14-5-1)11-9(4-2-6-15-11)13-12(8)16-7-17-13;;;2*1-5(2,3)4;;;;;;/h2*1-7H,(H,16,17);;;2*(H2,1,2,3,4);6*1H2/q;;2*+2;;;;;;;;. The molecule has 6 heterocycles. The predicted octanol–water partition coefficient (Wildman–Crippen LogP) is -2.70. The molecule has 8 aromatic rings. The molecule has 0 aliphatic heterocycles. The van der Waals surface area contributed by atoms with Gasteiger partial charge in [0.05, 0.1) is 56.8 Å². The van der Waals surface area contributed by atoms with Crippen molar-refractivity contribution in [3.8, 4) is 0 Å². The van der Waals surface area contributed by atoms with Crippen molar-refractivity contribution < 1.29 is 101 Å². The van der Waals surface area contributed by atoms with Gasteiger partial charge in [0.1, 0.15) is 0 Å². The third-order valence-corrected chi connectivity index (χ3v) is 6.01. The van der Waals surface area contributed by atoms with Gasteiger partial charge in [-0.25, -0.2) is 9.97 Å². The van der Waals surface area contributed by atoms with Gasteiger partial charge in [-0.2, -0.15) is 0 Å². The first-order valence-electron chi connectivity index (χ1n) is 12.1. The van der Waals surface area contributed by atoms with Crippen molar-refractivity contribution in [2.45, 2.75) is 0 Å². The maximum Gasteiger partial charge on any atom is 2.00 e. The zero-order chi connectivity index (χ0) is 31.5. The molecule has 0 spiro atoms. The summed E-state index contributed by atoms with van der Waals surface area (Å²) in [5.41, 5.74) is 7.59. The molecule has 0 saturated carbocycles. The maximum atomic E-state index is 8.52. The molecule has 0 aliphatic rings. The second-order valence-corrected chi connectivity index (χ2v) is 10.3. The van der Waals surface area contributed by atoms with Gasteiger partial charge in [-0.05, 0) is 48.5 Å². The van der Waals surface area contributed by atoms with Gasteiger partial charge in [0.2, 0.25) is 0 Å². The quantitative estimate of drug-likeness (QED) is 0.0678. The molecule has 26 heteroatoms. The van der Waals surface area contributed by atoms with Crippen LogP contribution in [0.2, 0.25) is 0 Å². The summed E-state index contributed by atoms with van der Waals surface area (Å²) in [6, 6.07) is 15.8. The Morgan fingerprint density at radius 2 is 0.654 bits per heavy atom. The molecular weight excluding hydrogens is 830 g/mol. The average molecular weight is 863 g/mol. The van der Waals surface area contributed by atoms with Crippen LogP contribution in [0.15, 0.2) is 86.0 Å². The van der Waals surface area contributed by atoms with E-state index in [2.05, 4.69) is 39.9 Å². The van der Waals surface area contributed by atoms with Gasteiger partial charge >= 0.3 is 33.6 Å². The van der Waals surface area contributed by atoms with E-state index in [4.69, 9.17) is 35.0 Å². The molecule has 22 nitrogen and oxygen atoms in total. The van der Waals surface area contributed by atoms with Crippen LogP contribution >= 0.6 is 0 Å². The number of hydrogen-bond donors (Lipinski definition) is 2. The zero-order valence-corrected chi connectivity index (χ0v) is 29.5. The van der Waals surface area contributed by atoms with Crippen molar-refractivity contribution >= 4 is 86.5 Å². The third kappa shape index (κ3) is 12.9. The van der Waals surface area contributed by atoms with E-state index in [0.29, 0.717) is 0 Å². The van der Waals surface area contributed by atoms with E-state index >= 15 is 0 Å². The predicted molar refractivity (Wildman–Crippen MR) is 181 cm³/mol. The van der Waals surface area contributed by atoms with Crippen LogP contribution in [0, 0.1) is 0 Å². The van der Waals surface area contributed by atoms with Crippen LogP contribution in [0.25, 0.3) is 65.7 Å². The largest absolute Gasteiger partial charge is 2.00 e. The van der Waals surface area contributed by atoms with Crippen LogP contribution in [0.1, 0.15) is 0 Å². The minimum atomic E-state index is -5.17. The second kappa shape index (κ2) is 22.5. The number of nitrogens with zero attached hydrogens (tertiary/aromatic N) is 6. The molecule has 0 amide bonds. The van der Waals surface area contributed by atoms with Crippen LogP contribution in [-0.2, 0) is 76.3 Å². The number of fused-ring (bicyclic) bond motifs is 12. The Morgan fingerprint density at radius 1 is 0.423 bits per heavy atom. The van der Waals surface area contributed by atoms with Gasteiger partial charge in [-0.1, -0.05) is 0 Å². The van der Waals surface area contributed by atoms with Crippen LogP contribution < -0.4 is 0 Å². The molecule has 2 radical (unpaired) electrons. The first-order chi connectivity index (χ1) is 20.9. The second-order valence-electron chi connectivity index (χ2n) is 8.67. The molecule has 0 unspecified atom stereocenters. The van der Waals surface area contributed by atoms with E-state index < -0.39 is 20.8 Å². The molecule has 0 fully saturated rings. The average Bonchev–Trinajstić information content (AvgIpc) is 3.68. The SMILES string of the molecule is O.O.O=S(=O)([O-])[O-].O=S(=O)([O-])[O-].[Co+2].[Co+2].[OH3+].[OH3+].[OH3+].[OH3+].c1cnc2c(c1)c1nc[nH]c1c1cccnc12.c1cnc2c(c1)c1nc[nH]c1c1cccnc12. The van der Waals surface area contributed by atoms with E-state index in [1.165, 1.54) is 0 Å². The van der Waals surface area contributed by atoms with Crippen LogP contribution in [0.3, 0.4) is 0 Å². The van der Waals surface area contributed by atoms with Gasteiger partial charge in [-0.3, -0.25) is 36.8 Å². The van der Waals surface area contributed by atoms with Crippen molar-refractivity contribution in [3.05, 3.63) is 86.0 Å². The summed E-state index contributed by atoms with van der Waals surface area (Å²) in [6.07, 6.45) is 10.6. The summed E-state index contributed by atoms with van der Waals surface area (Å²) >= 11 is 0. The van der Waals surface area contributed by atoms with Gasteiger partial charge in [-0.15, -0.1) is 0 Å². The Hall–Kier alpha value is -4.47. The Morgan fingerprint density at radius 3 is 0.923 bits per heavy atom. The number of rotatable bonds is 0. The number of nitrogens with one attached hydrogen (secondary N) is 2. The minimum absolute atomic E-state index is 0. The number of aromatic nitrogens is 8. The summed E-state index contributed by atoms with van der Waals surface area (Å²) in [5, 5.41) is 4.20. The summed E-state index contributed by atoms with van der Waals surface area (Å²) in [7, 11) is -10.3.